The fourth-order valence-corrected chi connectivity index (χ4v) is 1.80. The van der Waals surface area contributed by atoms with Crippen LogP contribution in [0.1, 0.15) is 38.5 Å². The minimum Gasteiger partial charge on any atom is -0.454 e. The second-order valence-corrected chi connectivity index (χ2v) is 4.80. The van der Waals surface area contributed by atoms with Gasteiger partial charge in [-0.05, 0) is 19.1 Å². The maximum absolute atomic E-state index is 11.9. The standard InChI is InChI=1S/C14H17N3O4/c1-8-12(20-9(2)16-8)13(18)15-7-10-5-6-11(21-10)14(19)17(3)4/h5-6H,7H2,1-4H3,(H,15,18). The number of rotatable bonds is 4. The van der Waals surface area contributed by atoms with Gasteiger partial charge in [0.1, 0.15) is 5.76 Å². The van der Waals surface area contributed by atoms with Crippen LogP contribution in [0.4, 0.5) is 0 Å². The Bertz CT molecular complexity index is 670. The molecule has 0 unspecified atom stereocenters. The number of aryl methyl sites for hydroxylation is 2. The fourth-order valence-electron chi connectivity index (χ4n) is 1.80. The largest absolute Gasteiger partial charge is 0.454 e. The number of carbonyl (C=O) groups excluding carboxylic acids is 2. The Balaban J connectivity index is 1.99. The third-order valence-corrected chi connectivity index (χ3v) is 2.81. The molecule has 0 aliphatic carbocycles. The van der Waals surface area contributed by atoms with Crippen LogP contribution in [0.2, 0.25) is 0 Å². The number of hydrogen-bond donors (Lipinski definition) is 1. The van der Waals surface area contributed by atoms with Gasteiger partial charge >= 0.3 is 0 Å². The van der Waals surface area contributed by atoms with Gasteiger partial charge < -0.3 is 19.1 Å². The van der Waals surface area contributed by atoms with Gasteiger partial charge in [-0.3, -0.25) is 9.59 Å². The van der Waals surface area contributed by atoms with E-state index in [1.807, 2.05) is 0 Å². The van der Waals surface area contributed by atoms with Gasteiger partial charge in [0, 0.05) is 21.0 Å². The number of hydrogen-bond acceptors (Lipinski definition) is 5. The van der Waals surface area contributed by atoms with Crippen LogP contribution >= 0.6 is 0 Å². The normalized spacial score (nSPS) is 10.5. The van der Waals surface area contributed by atoms with Gasteiger partial charge in [0.05, 0.1) is 12.2 Å². The molecular weight excluding hydrogens is 274 g/mol. The lowest BCUT2D eigenvalue weighted by atomic mass is 10.3. The van der Waals surface area contributed by atoms with E-state index in [2.05, 4.69) is 10.3 Å². The number of aromatic nitrogens is 1. The first-order valence-electron chi connectivity index (χ1n) is 6.41. The van der Waals surface area contributed by atoms with Crippen LogP contribution in [0, 0.1) is 13.8 Å². The van der Waals surface area contributed by atoms with E-state index in [9.17, 15) is 9.59 Å². The molecule has 0 aromatic carbocycles. The molecule has 112 valence electrons. The Morgan fingerprint density at radius 2 is 1.95 bits per heavy atom. The second kappa shape index (κ2) is 5.82. The van der Waals surface area contributed by atoms with Crippen molar-refractivity contribution in [1.29, 1.82) is 0 Å². The van der Waals surface area contributed by atoms with Crippen molar-refractivity contribution >= 4 is 11.8 Å². The van der Waals surface area contributed by atoms with Gasteiger partial charge in [-0.15, -0.1) is 0 Å². The first-order valence-corrected chi connectivity index (χ1v) is 6.41. The summed E-state index contributed by atoms with van der Waals surface area (Å²) in [4.78, 5) is 29.1. The molecule has 2 heterocycles. The van der Waals surface area contributed by atoms with Crippen LogP contribution in [-0.4, -0.2) is 35.8 Å². The van der Waals surface area contributed by atoms with E-state index in [0.29, 0.717) is 17.3 Å². The first kappa shape index (κ1) is 14.8. The van der Waals surface area contributed by atoms with Gasteiger partial charge in [0.25, 0.3) is 11.8 Å². The van der Waals surface area contributed by atoms with Crippen molar-refractivity contribution in [3.05, 3.63) is 41.0 Å². The summed E-state index contributed by atoms with van der Waals surface area (Å²) in [5, 5.41) is 2.66. The maximum atomic E-state index is 11.9. The highest BCUT2D eigenvalue weighted by molar-refractivity contribution is 5.92. The molecule has 2 amide bonds. The SMILES string of the molecule is Cc1nc(C)c(C(=O)NCc2ccc(C(=O)N(C)C)o2)o1. The molecule has 0 saturated carbocycles. The zero-order valence-corrected chi connectivity index (χ0v) is 12.4. The monoisotopic (exact) mass is 291 g/mol. The molecule has 0 radical (unpaired) electrons. The van der Waals surface area contributed by atoms with E-state index in [4.69, 9.17) is 8.83 Å². The minimum absolute atomic E-state index is 0.165. The Morgan fingerprint density at radius 1 is 1.24 bits per heavy atom. The second-order valence-electron chi connectivity index (χ2n) is 4.80. The van der Waals surface area contributed by atoms with E-state index >= 15 is 0 Å². The van der Waals surface area contributed by atoms with Crippen molar-refractivity contribution in [3.8, 4) is 0 Å². The molecule has 7 heteroatoms. The summed E-state index contributed by atoms with van der Waals surface area (Å²) in [5.41, 5.74) is 0.535. The number of furan rings is 1. The molecule has 2 aromatic heterocycles. The number of nitrogens with zero attached hydrogens (tertiary/aromatic N) is 2. The number of amides is 2. The van der Waals surface area contributed by atoms with Gasteiger partial charge in [0.15, 0.2) is 11.7 Å². The summed E-state index contributed by atoms with van der Waals surface area (Å²) in [5.74, 6) is 0.746. The van der Waals surface area contributed by atoms with Crippen molar-refractivity contribution in [2.45, 2.75) is 20.4 Å². The van der Waals surface area contributed by atoms with Crippen LogP contribution in [0.3, 0.4) is 0 Å². The van der Waals surface area contributed by atoms with Crippen LogP contribution in [0.25, 0.3) is 0 Å². The van der Waals surface area contributed by atoms with Crippen molar-refractivity contribution in [1.82, 2.24) is 15.2 Å². The zero-order chi connectivity index (χ0) is 15.6. The minimum atomic E-state index is -0.370. The van der Waals surface area contributed by atoms with Gasteiger partial charge in [-0.2, -0.15) is 0 Å². The Kier molecular flexibility index (Phi) is 4.11. The number of nitrogens with one attached hydrogen (secondary N) is 1. The molecule has 0 spiro atoms. The van der Waals surface area contributed by atoms with Crippen molar-refractivity contribution < 1.29 is 18.4 Å². The average molecular weight is 291 g/mol. The van der Waals surface area contributed by atoms with E-state index in [-0.39, 0.29) is 29.9 Å². The molecule has 0 saturated heterocycles. The smallest absolute Gasteiger partial charge is 0.289 e. The third-order valence-electron chi connectivity index (χ3n) is 2.81. The Labute approximate surface area is 121 Å². The predicted molar refractivity (Wildman–Crippen MR) is 73.9 cm³/mol. The summed E-state index contributed by atoms with van der Waals surface area (Å²) in [7, 11) is 3.28. The lowest BCUT2D eigenvalue weighted by molar-refractivity contribution is 0.0794. The molecule has 2 aromatic rings. The van der Waals surface area contributed by atoms with Crippen molar-refractivity contribution in [3.63, 3.8) is 0 Å². The van der Waals surface area contributed by atoms with Crippen molar-refractivity contribution in [2.75, 3.05) is 14.1 Å². The first-order chi connectivity index (χ1) is 9.88. The van der Waals surface area contributed by atoms with Crippen LogP contribution in [-0.2, 0) is 6.54 Å². The highest BCUT2D eigenvalue weighted by Gasteiger charge is 2.17. The summed E-state index contributed by atoms with van der Waals surface area (Å²) in [6.45, 7) is 3.54. The number of carbonyl (C=O) groups is 2. The van der Waals surface area contributed by atoms with E-state index in [0.717, 1.165) is 0 Å². The molecule has 21 heavy (non-hydrogen) atoms. The van der Waals surface area contributed by atoms with Crippen LogP contribution in [0.15, 0.2) is 21.0 Å². The zero-order valence-electron chi connectivity index (χ0n) is 12.4. The molecule has 0 aliphatic heterocycles. The quantitative estimate of drug-likeness (QED) is 0.922. The molecule has 0 aliphatic rings. The van der Waals surface area contributed by atoms with E-state index < -0.39 is 0 Å². The highest BCUT2D eigenvalue weighted by Crippen LogP contribution is 2.11. The molecule has 7 nitrogen and oxygen atoms in total. The summed E-state index contributed by atoms with van der Waals surface area (Å²) >= 11 is 0. The Hall–Kier alpha value is -2.57. The number of oxazole rings is 1. The summed E-state index contributed by atoms with van der Waals surface area (Å²) < 4.78 is 10.6. The van der Waals surface area contributed by atoms with Crippen LogP contribution < -0.4 is 5.32 Å². The lowest BCUT2D eigenvalue weighted by Crippen LogP contribution is -2.23. The third kappa shape index (κ3) is 3.31. The summed E-state index contributed by atoms with van der Waals surface area (Å²) in [6.07, 6.45) is 0. The fraction of sp³-hybridized carbons (Fsp3) is 0.357. The van der Waals surface area contributed by atoms with Gasteiger partial charge in [0.2, 0.25) is 5.76 Å². The highest BCUT2D eigenvalue weighted by atomic mass is 16.4. The van der Waals surface area contributed by atoms with Crippen LogP contribution in [0.5, 0.6) is 0 Å². The average Bonchev–Trinajstić information content (AvgIpc) is 3.01. The summed E-state index contributed by atoms with van der Waals surface area (Å²) in [6, 6.07) is 3.23. The lowest BCUT2D eigenvalue weighted by Gasteiger charge is -2.06. The molecule has 0 fully saturated rings. The van der Waals surface area contributed by atoms with Gasteiger partial charge in [-0.25, -0.2) is 4.98 Å². The molecular formula is C14H17N3O4. The molecule has 0 atom stereocenters. The maximum Gasteiger partial charge on any atom is 0.289 e. The predicted octanol–water partition coefficient (Wildman–Crippen LogP) is 1.52. The van der Waals surface area contributed by atoms with E-state index in [1.165, 1.54) is 4.90 Å². The van der Waals surface area contributed by atoms with Crippen molar-refractivity contribution in [2.24, 2.45) is 0 Å². The molecule has 0 bridgehead atoms. The molecule has 1 N–H and O–H groups in total. The van der Waals surface area contributed by atoms with Gasteiger partial charge in [-0.1, -0.05) is 0 Å². The molecule has 2 rings (SSSR count). The van der Waals surface area contributed by atoms with E-state index in [1.54, 1.807) is 40.1 Å². The topological polar surface area (TPSA) is 88.6 Å². The Morgan fingerprint density at radius 3 is 2.52 bits per heavy atom.